The molecule has 1 N–H and O–H groups in total. The van der Waals surface area contributed by atoms with Crippen LogP contribution < -0.4 is 0 Å². The van der Waals surface area contributed by atoms with E-state index in [1.165, 1.54) is 7.11 Å². The van der Waals surface area contributed by atoms with E-state index < -0.39 is 5.41 Å². The molecule has 0 saturated heterocycles. The molecule has 3 rings (SSSR count). The molecule has 2 aromatic rings. The highest BCUT2D eigenvalue weighted by atomic mass is 16.5. The average molecular weight is 282 g/mol. The van der Waals surface area contributed by atoms with Crippen molar-refractivity contribution in [2.45, 2.75) is 11.3 Å². The van der Waals surface area contributed by atoms with Crippen molar-refractivity contribution in [2.75, 3.05) is 13.7 Å². The normalized spacial score (nSPS) is 27.1. The lowest BCUT2D eigenvalue weighted by molar-refractivity contribution is -0.143. The van der Waals surface area contributed by atoms with Crippen LogP contribution in [0.5, 0.6) is 0 Å². The van der Waals surface area contributed by atoms with Crippen LogP contribution in [0.25, 0.3) is 0 Å². The third kappa shape index (κ3) is 2.05. The fraction of sp³-hybridized carbons (Fsp3) is 0.278. The van der Waals surface area contributed by atoms with Gasteiger partial charge in [-0.1, -0.05) is 60.7 Å². The molecule has 0 bridgehead atoms. The Morgan fingerprint density at radius 3 is 2.19 bits per heavy atom. The number of benzene rings is 2. The van der Waals surface area contributed by atoms with Gasteiger partial charge in [-0.15, -0.1) is 0 Å². The van der Waals surface area contributed by atoms with Crippen LogP contribution in [0.4, 0.5) is 0 Å². The second-order valence-corrected chi connectivity index (χ2v) is 5.45. The Balaban J connectivity index is 2.07. The Bertz CT molecular complexity index is 623. The Labute approximate surface area is 124 Å². The number of hydrogen-bond acceptors (Lipinski definition) is 3. The van der Waals surface area contributed by atoms with Crippen LogP contribution in [-0.2, 0) is 14.9 Å². The number of hydrogen-bond donors (Lipinski definition) is 1. The number of aliphatic hydroxyl groups is 1. The molecule has 0 spiro atoms. The molecule has 2 aromatic carbocycles. The van der Waals surface area contributed by atoms with Gasteiger partial charge in [-0.05, 0) is 11.1 Å². The molecular weight excluding hydrogens is 264 g/mol. The van der Waals surface area contributed by atoms with Crippen LogP contribution in [-0.4, -0.2) is 24.8 Å². The van der Waals surface area contributed by atoms with E-state index in [0.717, 1.165) is 11.1 Å². The van der Waals surface area contributed by atoms with Crippen molar-refractivity contribution in [1.82, 2.24) is 0 Å². The predicted octanol–water partition coefficient (Wildman–Crippen LogP) is 2.50. The van der Waals surface area contributed by atoms with Gasteiger partial charge in [0.15, 0.2) is 0 Å². The van der Waals surface area contributed by atoms with Gasteiger partial charge in [0.25, 0.3) is 0 Å². The molecule has 1 saturated carbocycles. The van der Waals surface area contributed by atoms with Crippen LogP contribution in [0.3, 0.4) is 0 Å². The molecule has 0 unspecified atom stereocenters. The molecular formula is C18H18O3. The number of methoxy groups -OCH3 is 1. The van der Waals surface area contributed by atoms with Crippen LogP contribution in [0.1, 0.15) is 17.0 Å². The lowest BCUT2D eigenvalue weighted by atomic mass is 9.90. The van der Waals surface area contributed by atoms with E-state index in [0.29, 0.717) is 0 Å². The van der Waals surface area contributed by atoms with Gasteiger partial charge < -0.3 is 9.84 Å². The summed E-state index contributed by atoms with van der Waals surface area (Å²) in [4.78, 5) is 12.2. The average Bonchev–Trinajstić information content (AvgIpc) is 3.26. The Kier molecular flexibility index (Phi) is 3.52. The molecule has 1 aliphatic rings. The summed E-state index contributed by atoms with van der Waals surface area (Å²) in [6.07, 6.45) is 0. The quantitative estimate of drug-likeness (QED) is 0.876. The third-order valence-electron chi connectivity index (χ3n) is 4.52. The lowest BCUT2D eigenvalue weighted by Crippen LogP contribution is -2.20. The number of carbonyl (C=O) groups is 1. The van der Waals surface area contributed by atoms with Crippen molar-refractivity contribution in [3.05, 3.63) is 71.8 Å². The molecule has 0 aromatic heterocycles. The maximum absolute atomic E-state index is 12.2. The Morgan fingerprint density at radius 2 is 1.67 bits per heavy atom. The van der Waals surface area contributed by atoms with E-state index in [-0.39, 0.29) is 24.4 Å². The zero-order valence-electron chi connectivity index (χ0n) is 11.9. The van der Waals surface area contributed by atoms with Crippen LogP contribution in [0, 0.1) is 5.92 Å². The largest absolute Gasteiger partial charge is 0.469 e. The van der Waals surface area contributed by atoms with Gasteiger partial charge in [0, 0.05) is 11.3 Å². The first-order chi connectivity index (χ1) is 10.3. The molecule has 0 aliphatic heterocycles. The molecule has 0 amide bonds. The highest BCUT2D eigenvalue weighted by Gasteiger charge is 2.69. The molecule has 0 heterocycles. The minimum Gasteiger partial charge on any atom is -0.469 e. The van der Waals surface area contributed by atoms with Crippen molar-refractivity contribution in [1.29, 1.82) is 0 Å². The van der Waals surface area contributed by atoms with Crippen LogP contribution in [0.15, 0.2) is 60.7 Å². The highest BCUT2D eigenvalue weighted by Crippen LogP contribution is 2.65. The zero-order valence-corrected chi connectivity index (χ0v) is 11.9. The van der Waals surface area contributed by atoms with Gasteiger partial charge in [-0.2, -0.15) is 0 Å². The van der Waals surface area contributed by atoms with Crippen molar-refractivity contribution in [3.63, 3.8) is 0 Å². The maximum Gasteiger partial charge on any atom is 0.310 e. The number of rotatable bonds is 4. The van der Waals surface area contributed by atoms with Gasteiger partial charge in [-0.3, -0.25) is 4.79 Å². The second kappa shape index (κ2) is 5.34. The fourth-order valence-electron chi connectivity index (χ4n) is 3.46. The lowest BCUT2D eigenvalue weighted by Gasteiger charge is -2.15. The summed E-state index contributed by atoms with van der Waals surface area (Å²) in [5.74, 6) is -0.641. The van der Waals surface area contributed by atoms with Crippen LogP contribution in [0.2, 0.25) is 0 Å². The summed E-state index contributed by atoms with van der Waals surface area (Å²) in [6, 6.07) is 19.6. The van der Waals surface area contributed by atoms with E-state index in [1.54, 1.807) is 0 Å². The van der Waals surface area contributed by atoms with E-state index in [2.05, 4.69) is 0 Å². The van der Waals surface area contributed by atoms with Crippen molar-refractivity contribution in [2.24, 2.45) is 5.92 Å². The monoisotopic (exact) mass is 282 g/mol. The predicted molar refractivity (Wildman–Crippen MR) is 79.9 cm³/mol. The van der Waals surface area contributed by atoms with Crippen LogP contribution >= 0.6 is 0 Å². The molecule has 0 radical (unpaired) electrons. The van der Waals surface area contributed by atoms with Gasteiger partial charge in [0.2, 0.25) is 0 Å². The van der Waals surface area contributed by atoms with E-state index in [1.807, 2.05) is 60.7 Å². The summed E-state index contributed by atoms with van der Waals surface area (Å²) in [5.41, 5.74) is 1.47. The minimum atomic E-state index is -0.574. The molecule has 3 atom stereocenters. The first kappa shape index (κ1) is 13.8. The summed E-state index contributed by atoms with van der Waals surface area (Å²) in [7, 11) is 1.40. The Morgan fingerprint density at radius 1 is 1.10 bits per heavy atom. The third-order valence-corrected chi connectivity index (χ3v) is 4.52. The summed E-state index contributed by atoms with van der Waals surface area (Å²) in [6.45, 7) is -0.0731. The molecule has 21 heavy (non-hydrogen) atoms. The number of ether oxygens (including phenoxy) is 1. The van der Waals surface area contributed by atoms with E-state index >= 15 is 0 Å². The van der Waals surface area contributed by atoms with Crippen molar-refractivity contribution in [3.8, 4) is 0 Å². The zero-order chi connectivity index (χ0) is 14.9. The highest BCUT2D eigenvalue weighted by molar-refractivity contribution is 5.82. The number of carbonyl (C=O) groups excluding carboxylic acids is 1. The van der Waals surface area contributed by atoms with Gasteiger partial charge in [0.05, 0.1) is 19.6 Å². The fourth-order valence-corrected chi connectivity index (χ4v) is 3.46. The smallest absolute Gasteiger partial charge is 0.310 e. The summed E-state index contributed by atoms with van der Waals surface area (Å²) in [5, 5.41) is 10.0. The van der Waals surface area contributed by atoms with E-state index in [4.69, 9.17) is 4.74 Å². The van der Waals surface area contributed by atoms with Crippen molar-refractivity contribution < 1.29 is 14.6 Å². The number of esters is 1. The summed E-state index contributed by atoms with van der Waals surface area (Å²) >= 11 is 0. The molecule has 108 valence electrons. The first-order valence-electron chi connectivity index (χ1n) is 7.05. The second-order valence-electron chi connectivity index (χ2n) is 5.45. The minimum absolute atomic E-state index is 0.0430. The van der Waals surface area contributed by atoms with Crippen molar-refractivity contribution >= 4 is 5.97 Å². The molecule has 3 heteroatoms. The molecule has 1 aliphatic carbocycles. The molecule has 3 nitrogen and oxygen atoms in total. The Hall–Kier alpha value is -2.13. The number of aliphatic hydroxyl groups excluding tert-OH is 1. The van der Waals surface area contributed by atoms with E-state index in [9.17, 15) is 9.90 Å². The maximum atomic E-state index is 12.2. The first-order valence-corrected chi connectivity index (χ1v) is 7.05. The van der Waals surface area contributed by atoms with Gasteiger partial charge in [-0.25, -0.2) is 0 Å². The topological polar surface area (TPSA) is 46.5 Å². The SMILES string of the molecule is COC(=O)[C@H]1[C@H](c2ccccc2)[C@@]1(CO)c1ccccc1. The summed E-state index contributed by atoms with van der Waals surface area (Å²) < 4.78 is 4.95. The molecule has 1 fully saturated rings. The van der Waals surface area contributed by atoms with Gasteiger partial charge >= 0.3 is 5.97 Å². The van der Waals surface area contributed by atoms with Gasteiger partial charge in [0.1, 0.15) is 0 Å². The standard InChI is InChI=1S/C18H18O3/c1-21-17(20)16-15(13-8-4-2-5-9-13)18(16,12-19)14-10-6-3-7-11-14/h2-11,15-16,19H,12H2,1H3/t15-,16+,18+/m0/s1.